The summed E-state index contributed by atoms with van der Waals surface area (Å²) in [4.78, 5) is 22.8. The quantitative estimate of drug-likeness (QED) is 0.331. The number of nitrogens with zero attached hydrogens (tertiary/aromatic N) is 4. The third-order valence-corrected chi connectivity index (χ3v) is 8.53. The summed E-state index contributed by atoms with van der Waals surface area (Å²) in [5, 5.41) is 0.913. The fourth-order valence-electron chi connectivity index (χ4n) is 6.49. The van der Waals surface area contributed by atoms with Gasteiger partial charge in [-0.1, -0.05) is 25.1 Å². The number of hydrogen-bond donors (Lipinski definition) is 0. The van der Waals surface area contributed by atoms with Crippen LogP contribution in [0.1, 0.15) is 85.0 Å². The highest BCUT2D eigenvalue weighted by Gasteiger charge is 2.33. The average molecular weight is 494 g/mol. The van der Waals surface area contributed by atoms with E-state index in [0.29, 0.717) is 11.3 Å². The molecule has 2 atom stereocenters. The molecular weight excluding hydrogens is 463 g/mol. The summed E-state index contributed by atoms with van der Waals surface area (Å²) in [5.74, 6) is 0.0528. The fraction of sp³-hybridized carbons (Fsp3) is 0.355. The Labute approximate surface area is 215 Å². The molecule has 0 N–H and O–H groups in total. The van der Waals surface area contributed by atoms with Gasteiger partial charge in [0.1, 0.15) is 24.9 Å². The molecule has 3 aliphatic rings. The van der Waals surface area contributed by atoms with Crippen molar-refractivity contribution in [3.63, 3.8) is 0 Å². The Kier molecular flexibility index (Phi) is 5.14. The van der Waals surface area contributed by atoms with Crippen molar-refractivity contribution in [2.45, 2.75) is 63.5 Å². The van der Waals surface area contributed by atoms with Gasteiger partial charge in [0, 0.05) is 18.2 Å². The maximum absolute atomic E-state index is 15.1. The molecule has 4 aromatic rings. The van der Waals surface area contributed by atoms with Crippen LogP contribution < -0.4 is 5.56 Å². The van der Waals surface area contributed by atoms with E-state index in [4.69, 9.17) is 0 Å². The fourth-order valence-corrected chi connectivity index (χ4v) is 6.49. The normalized spacial score (nSPS) is 20.6. The molecule has 1 aliphatic heterocycles. The minimum absolute atomic E-state index is 0.101. The Morgan fingerprint density at radius 1 is 1.11 bits per heavy atom. The molecule has 1 saturated carbocycles. The van der Waals surface area contributed by atoms with Crippen molar-refractivity contribution in [2.24, 2.45) is 0 Å². The van der Waals surface area contributed by atoms with E-state index in [-0.39, 0.29) is 23.0 Å². The van der Waals surface area contributed by atoms with Gasteiger partial charge < -0.3 is 4.57 Å². The number of pyridine rings is 1. The maximum Gasteiger partial charge on any atom is 0.261 e. The molecule has 3 heterocycles. The first-order valence-corrected chi connectivity index (χ1v) is 13.4. The largest absolute Gasteiger partial charge is 0.307 e. The Hall–Kier alpha value is -3.67. The molecule has 0 spiro atoms. The monoisotopic (exact) mass is 493 g/mol. The number of aryl methyl sites for hydroxylation is 1. The van der Waals surface area contributed by atoms with Crippen molar-refractivity contribution in [3.05, 3.63) is 93.0 Å². The number of benzene rings is 2. The van der Waals surface area contributed by atoms with Gasteiger partial charge in [-0.15, -0.1) is 0 Å². The summed E-state index contributed by atoms with van der Waals surface area (Å²) in [6.45, 7) is 2.18. The summed E-state index contributed by atoms with van der Waals surface area (Å²) >= 11 is 0. The van der Waals surface area contributed by atoms with Gasteiger partial charge in [-0.3, -0.25) is 4.79 Å². The van der Waals surface area contributed by atoms with E-state index < -0.39 is 5.82 Å². The minimum atomic E-state index is -0.394. The topological polar surface area (TPSA) is 50.8 Å². The lowest BCUT2D eigenvalue weighted by atomic mass is 9.85. The van der Waals surface area contributed by atoms with Gasteiger partial charge in [-0.2, -0.15) is 0 Å². The third-order valence-electron chi connectivity index (χ3n) is 8.53. The van der Waals surface area contributed by atoms with Gasteiger partial charge in [0.15, 0.2) is 12.3 Å². The predicted molar refractivity (Wildman–Crippen MR) is 143 cm³/mol. The molecule has 2 aromatic carbocycles. The summed E-state index contributed by atoms with van der Waals surface area (Å²) in [6, 6.07) is 12.1. The summed E-state index contributed by atoms with van der Waals surface area (Å²) in [7, 11) is 2.09. The smallest absolute Gasteiger partial charge is 0.261 e. The second kappa shape index (κ2) is 8.44. The lowest BCUT2D eigenvalue weighted by Gasteiger charge is -2.28. The zero-order valence-corrected chi connectivity index (χ0v) is 21.2. The van der Waals surface area contributed by atoms with Crippen molar-refractivity contribution in [1.29, 1.82) is 0 Å². The van der Waals surface area contributed by atoms with Crippen molar-refractivity contribution >= 4 is 17.0 Å². The van der Waals surface area contributed by atoms with Crippen LogP contribution in [-0.4, -0.2) is 32.4 Å². The van der Waals surface area contributed by atoms with Crippen LogP contribution in [0, 0.1) is 5.82 Å². The Balaban J connectivity index is 1.30. The van der Waals surface area contributed by atoms with Crippen LogP contribution in [0.2, 0.25) is 0 Å². The average Bonchev–Trinajstić information content (AvgIpc) is 3.70. The molecule has 1 fully saturated rings. The van der Waals surface area contributed by atoms with Crippen LogP contribution in [0.25, 0.3) is 22.0 Å². The lowest BCUT2D eigenvalue weighted by molar-refractivity contribution is -0.536. The zero-order chi connectivity index (χ0) is 25.3. The van der Waals surface area contributed by atoms with Crippen LogP contribution >= 0.6 is 0 Å². The molecule has 37 heavy (non-hydrogen) atoms. The molecule has 2 unspecified atom stereocenters. The van der Waals surface area contributed by atoms with Gasteiger partial charge in [0.2, 0.25) is 0 Å². The van der Waals surface area contributed by atoms with E-state index in [0.717, 1.165) is 72.2 Å². The molecule has 2 aromatic heterocycles. The predicted octanol–water partition coefficient (Wildman–Crippen LogP) is 5.93. The van der Waals surface area contributed by atoms with Crippen LogP contribution in [0.3, 0.4) is 0 Å². The van der Waals surface area contributed by atoms with Crippen LogP contribution in [0.15, 0.2) is 53.7 Å². The maximum atomic E-state index is 15.1. The van der Waals surface area contributed by atoms with Crippen LogP contribution in [-0.2, 0) is 6.42 Å². The van der Waals surface area contributed by atoms with E-state index in [1.807, 2.05) is 18.3 Å². The number of aromatic nitrogens is 3. The van der Waals surface area contributed by atoms with Crippen LogP contribution in [0.5, 0.6) is 0 Å². The SMILES string of the molecule is CCC1c2ncnc(-c3ccc4c(c3)CCCC4n3ccc4cc(C5CC5)cc(F)c4c3=O)c2C=[N+]1C. The molecule has 5 nitrogen and oxygen atoms in total. The van der Waals surface area contributed by atoms with E-state index in [9.17, 15) is 4.79 Å². The number of hydrogen-bond acceptors (Lipinski definition) is 3. The highest BCUT2D eigenvalue weighted by Crippen LogP contribution is 2.41. The van der Waals surface area contributed by atoms with E-state index in [2.05, 4.69) is 52.9 Å². The molecular formula is C31H30FN4O+. The van der Waals surface area contributed by atoms with E-state index in [1.165, 1.54) is 5.56 Å². The molecule has 0 radical (unpaired) electrons. The van der Waals surface area contributed by atoms with Gasteiger partial charge in [-0.05, 0) is 78.3 Å². The molecule has 2 aliphatic carbocycles. The first-order valence-electron chi connectivity index (χ1n) is 13.4. The highest BCUT2D eigenvalue weighted by atomic mass is 19.1. The summed E-state index contributed by atoms with van der Waals surface area (Å²) < 4.78 is 19.1. The molecule has 0 amide bonds. The first-order chi connectivity index (χ1) is 18.0. The standard InChI is InChI=1S/C31H30FN4O/c1-3-26-30-24(16-35(26)2)29(33-17-34-30)21-9-10-23-19(13-21)5-4-6-27(23)36-12-11-20-14-22(18-7-8-18)15-25(32)28(20)31(36)37/h9-18,26-27H,3-8H2,1-2H3/q+1. The van der Waals surface area contributed by atoms with Crippen molar-refractivity contribution in [3.8, 4) is 11.3 Å². The minimum Gasteiger partial charge on any atom is -0.307 e. The summed E-state index contributed by atoms with van der Waals surface area (Å²) in [5.41, 5.74) is 7.36. The number of halogens is 1. The van der Waals surface area contributed by atoms with Gasteiger partial charge in [0.05, 0.1) is 22.7 Å². The second-order valence-corrected chi connectivity index (χ2v) is 10.8. The number of rotatable bonds is 4. The molecule has 186 valence electrons. The van der Waals surface area contributed by atoms with Crippen molar-refractivity contribution in [1.82, 2.24) is 14.5 Å². The summed E-state index contributed by atoms with van der Waals surface area (Å²) in [6.07, 6.45) is 11.7. The van der Waals surface area contributed by atoms with Crippen molar-refractivity contribution < 1.29 is 8.97 Å². The molecule has 0 saturated heterocycles. The van der Waals surface area contributed by atoms with Gasteiger partial charge in [0.25, 0.3) is 5.56 Å². The molecule has 6 heteroatoms. The Morgan fingerprint density at radius 3 is 2.78 bits per heavy atom. The van der Waals surface area contributed by atoms with Crippen molar-refractivity contribution in [2.75, 3.05) is 7.05 Å². The first kappa shape index (κ1) is 22.5. The molecule has 0 bridgehead atoms. The lowest BCUT2D eigenvalue weighted by Crippen LogP contribution is -2.28. The zero-order valence-electron chi connectivity index (χ0n) is 21.2. The van der Waals surface area contributed by atoms with Gasteiger partial charge in [-0.25, -0.2) is 18.9 Å². The number of fused-ring (bicyclic) bond motifs is 3. The molecule has 7 rings (SSSR count). The van der Waals surface area contributed by atoms with E-state index >= 15 is 4.39 Å². The van der Waals surface area contributed by atoms with Gasteiger partial charge >= 0.3 is 0 Å². The van der Waals surface area contributed by atoms with Crippen LogP contribution in [0.4, 0.5) is 4.39 Å². The Bertz CT molecular complexity index is 1670. The third kappa shape index (κ3) is 3.57. The highest BCUT2D eigenvalue weighted by molar-refractivity contribution is 5.89. The Morgan fingerprint density at radius 2 is 1.97 bits per heavy atom. The second-order valence-electron chi connectivity index (χ2n) is 10.8. The van der Waals surface area contributed by atoms with E-state index in [1.54, 1.807) is 17.0 Å².